The smallest absolute Gasteiger partial charge is 0.253 e. The molecule has 5 nitrogen and oxygen atoms in total. The van der Waals surface area contributed by atoms with Crippen molar-refractivity contribution in [2.45, 2.75) is 52.5 Å². The molecular weight excluding hydrogens is 441 g/mol. The number of carbonyl (C=O) groups is 1. The lowest BCUT2D eigenvalue weighted by atomic mass is 9.97. The number of hydrogen-bond donors (Lipinski definition) is 1. The van der Waals surface area contributed by atoms with Crippen molar-refractivity contribution in [3.05, 3.63) is 88.0 Å². The molecule has 6 heteroatoms. The van der Waals surface area contributed by atoms with E-state index in [-0.39, 0.29) is 23.7 Å². The Bertz CT molecular complexity index is 1430. The number of pyridine rings is 1. The fourth-order valence-corrected chi connectivity index (χ4v) is 5.36. The van der Waals surface area contributed by atoms with Gasteiger partial charge in [0.05, 0.1) is 35.6 Å². The Morgan fingerprint density at radius 2 is 1.94 bits per heavy atom. The molecule has 1 N–H and O–H groups in total. The van der Waals surface area contributed by atoms with Gasteiger partial charge in [0.15, 0.2) is 0 Å². The number of halogens is 1. The fourth-order valence-electron chi connectivity index (χ4n) is 5.36. The highest BCUT2D eigenvalue weighted by molar-refractivity contribution is 5.97. The summed E-state index contributed by atoms with van der Waals surface area (Å²) in [5.74, 6) is 0.472. The number of aryl methyl sites for hydroxylation is 3. The first kappa shape index (κ1) is 23.1. The Morgan fingerprint density at radius 1 is 1.14 bits per heavy atom. The molecule has 2 heterocycles. The molecule has 1 unspecified atom stereocenters. The second-order valence-electron chi connectivity index (χ2n) is 9.61. The Hall–Kier alpha value is -3.67. The zero-order valence-electron chi connectivity index (χ0n) is 20.8. The number of ether oxygens (including phenoxy) is 1. The van der Waals surface area contributed by atoms with Gasteiger partial charge in [-0.05, 0) is 79.6 Å². The Labute approximate surface area is 204 Å². The Morgan fingerprint density at radius 3 is 2.66 bits per heavy atom. The van der Waals surface area contributed by atoms with Crippen LogP contribution in [0.2, 0.25) is 0 Å². The summed E-state index contributed by atoms with van der Waals surface area (Å²) in [6, 6.07) is 14.8. The average molecular weight is 472 g/mol. The van der Waals surface area contributed by atoms with E-state index >= 15 is 0 Å². The average Bonchev–Trinajstić information content (AvgIpc) is 3.37. The van der Waals surface area contributed by atoms with Gasteiger partial charge >= 0.3 is 0 Å². The minimum atomic E-state index is -0.271. The largest absolute Gasteiger partial charge is 0.497 e. The number of nitrogens with one attached hydrogen (secondary N) is 1. The van der Waals surface area contributed by atoms with Crippen LogP contribution in [0, 0.1) is 19.7 Å². The highest BCUT2D eigenvalue weighted by Crippen LogP contribution is 2.36. The van der Waals surface area contributed by atoms with Gasteiger partial charge in [-0.15, -0.1) is 0 Å². The lowest BCUT2D eigenvalue weighted by molar-refractivity contribution is 0.0934. The summed E-state index contributed by atoms with van der Waals surface area (Å²) in [5, 5.41) is 8.02. The molecule has 0 spiro atoms. The van der Waals surface area contributed by atoms with Crippen LogP contribution in [0.5, 0.6) is 5.75 Å². The topological polar surface area (TPSA) is 55.6 Å². The molecule has 2 aromatic carbocycles. The quantitative estimate of drug-likeness (QED) is 0.371. The molecule has 180 valence electrons. The van der Waals surface area contributed by atoms with E-state index in [1.165, 1.54) is 11.6 Å². The number of amides is 1. The van der Waals surface area contributed by atoms with Crippen molar-refractivity contribution in [3.8, 4) is 16.9 Å². The first-order chi connectivity index (χ1) is 16.8. The van der Waals surface area contributed by atoms with E-state index in [0.29, 0.717) is 11.1 Å². The van der Waals surface area contributed by atoms with Crippen LogP contribution in [-0.4, -0.2) is 22.6 Å². The molecule has 0 aliphatic heterocycles. The zero-order valence-corrected chi connectivity index (χ0v) is 20.8. The van der Waals surface area contributed by atoms with Crippen LogP contribution >= 0.6 is 0 Å². The van der Waals surface area contributed by atoms with Crippen molar-refractivity contribution in [2.24, 2.45) is 0 Å². The van der Waals surface area contributed by atoms with Crippen molar-refractivity contribution in [3.63, 3.8) is 0 Å². The van der Waals surface area contributed by atoms with Crippen molar-refractivity contribution in [1.82, 2.24) is 14.9 Å². The summed E-state index contributed by atoms with van der Waals surface area (Å²) in [6.07, 6.45) is 1.75. The van der Waals surface area contributed by atoms with Gasteiger partial charge in [-0.1, -0.05) is 32.0 Å². The summed E-state index contributed by atoms with van der Waals surface area (Å²) in [7, 11) is 1.66. The minimum Gasteiger partial charge on any atom is -0.497 e. The molecule has 5 rings (SSSR count). The first-order valence-corrected chi connectivity index (χ1v) is 12.1. The maximum absolute atomic E-state index is 14.9. The van der Waals surface area contributed by atoms with Gasteiger partial charge in [0.1, 0.15) is 11.6 Å². The summed E-state index contributed by atoms with van der Waals surface area (Å²) < 4.78 is 22.0. The molecule has 2 aromatic heterocycles. The molecule has 4 aromatic rings. The predicted octanol–water partition coefficient (Wildman–Crippen LogP) is 6.31. The number of benzene rings is 2. The third-order valence-corrected chi connectivity index (χ3v) is 7.00. The van der Waals surface area contributed by atoms with Crippen molar-refractivity contribution >= 4 is 11.4 Å². The van der Waals surface area contributed by atoms with Crippen molar-refractivity contribution in [1.29, 1.82) is 0 Å². The molecule has 35 heavy (non-hydrogen) atoms. The van der Waals surface area contributed by atoms with Gasteiger partial charge in [-0.2, -0.15) is 5.10 Å². The number of hydrogen-bond acceptors (Lipinski definition) is 3. The van der Waals surface area contributed by atoms with Crippen molar-refractivity contribution < 1.29 is 13.9 Å². The molecule has 1 atom stereocenters. The maximum Gasteiger partial charge on any atom is 0.253 e. The van der Waals surface area contributed by atoms with Gasteiger partial charge in [0.25, 0.3) is 5.91 Å². The number of methoxy groups -OCH3 is 1. The lowest BCUT2D eigenvalue weighted by Crippen LogP contribution is -2.29. The lowest BCUT2D eigenvalue weighted by Gasteiger charge is -2.18. The van der Waals surface area contributed by atoms with Gasteiger partial charge in [0, 0.05) is 11.1 Å². The first-order valence-electron chi connectivity index (χ1n) is 12.1. The fraction of sp³-hybridized carbons (Fsp3) is 0.310. The van der Waals surface area contributed by atoms with Gasteiger partial charge < -0.3 is 10.1 Å². The molecule has 0 bridgehead atoms. The summed E-state index contributed by atoms with van der Waals surface area (Å²) in [5.41, 5.74) is 7.47. The molecule has 0 saturated heterocycles. The third-order valence-electron chi connectivity index (χ3n) is 7.00. The van der Waals surface area contributed by atoms with E-state index in [1.54, 1.807) is 13.2 Å². The molecule has 1 aliphatic rings. The van der Waals surface area contributed by atoms with Crippen LogP contribution < -0.4 is 10.1 Å². The highest BCUT2D eigenvalue weighted by atomic mass is 19.1. The normalized spacial score (nSPS) is 15.0. The van der Waals surface area contributed by atoms with Crippen LogP contribution in [-0.2, 0) is 6.42 Å². The minimum absolute atomic E-state index is 0.0356. The van der Waals surface area contributed by atoms with Crippen LogP contribution in [0.25, 0.3) is 16.6 Å². The molecule has 1 amide bonds. The van der Waals surface area contributed by atoms with E-state index in [2.05, 4.69) is 5.32 Å². The molecular formula is C29H30FN3O2. The predicted molar refractivity (Wildman–Crippen MR) is 136 cm³/mol. The molecule has 0 fully saturated rings. The maximum atomic E-state index is 14.9. The van der Waals surface area contributed by atoms with Gasteiger partial charge in [-0.25, -0.2) is 8.91 Å². The van der Waals surface area contributed by atoms with Crippen LogP contribution in [0.15, 0.2) is 48.5 Å². The monoisotopic (exact) mass is 471 g/mol. The standard InChI is InChI=1S/C29H30FN3O2/c1-16(2)28-22(29(34)31-24-13-9-19-15-20(35-5)10-11-21(19)24)12-14-25-27(18(4)32-33(25)28)26-17(3)7-6-8-23(26)30/h6-8,10-12,14-16,24H,9,13H2,1-5H3,(H,31,34). The van der Waals surface area contributed by atoms with E-state index in [4.69, 9.17) is 9.84 Å². The Kier molecular flexibility index (Phi) is 5.83. The molecule has 1 aliphatic carbocycles. The summed E-state index contributed by atoms with van der Waals surface area (Å²) >= 11 is 0. The zero-order chi connectivity index (χ0) is 24.9. The van der Waals surface area contributed by atoms with Gasteiger partial charge in [0.2, 0.25) is 0 Å². The number of nitrogens with zero attached hydrogens (tertiary/aromatic N) is 2. The van der Waals surface area contributed by atoms with Crippen LogP contribution in [0.4, 0.5) is 4.39 Å². The number of aromatic nitrogens is 2. The van der Waals surface area contributed by atoms with E-state index in [0.717, 1.165) is 52.2 Å². The number of fused-ring (bicyclic) bond motifs is 2. The van der Waals surface area contributed by atoms with Gasteiger partial charge in [-0.3, -0.25) is 4.79 Å². The molecule has 0 radical (unpaired) electrons. The summed E-state index contributed by atoms with van der Waals surface area (Å²) in [4.78, 5) is 13.5. The number of carbonyl (C=O) groups excluding carboxylic acids is 1. The van der Waals surface area contributed by atoms with E-state index in [1.807, 2.05) is 68.6 Å². The van der Waals surface area contributed by atoms with Crippen LogP contribution in [0.3, 0.4) is 0 Å². The number of rotatable bonds is 5. The van der Waals surface area contributed by atoms with E-state index < -0.39 is 0 Å². The summed E-state index contributed by atoms with van der Waals surface area (Å²) in [6.45, 7) is 7.89. The second-order valence-corrected chi connectivity index (χ2v) is 9.61. The van der Waals surface area contributed by atoms with Crippen LogP contribution in [0.1, 0.15) is 70.7 Å². The third kappa shape index (κ3) is 3.87. The second kappa shape index (κ2) is 8.84. The highest BCUT2D eigenvalue weighted by Gasteiger charge is 2.28. The molecule has 0 saturated carbocycles. The Balaban J connectivity index is 1.56. The SMILES string of the molecule is COc1ccc2c(c1)CCC2NC(=O)c1ccc2c(-c3c(C)cccc3F)c(C)nn2c1C(C)C. The van der Waals surface area contributed by atoms with Crippen molar-refractivity contribution in [2.75, 3.05) is 7.11 Å². The van der Waals surface area contributed by atoms with E-state index in [9.17, 15) is 9.18 Å².